The molecule has 1 N–H and O–H groups in total. The maximum atomic E-state index is 4.35. The fraction of sp³-hybridized carbons (Fsp3) is 0.444. The van der Waals surface area contributed by atoms with E-state index in [9.17, 15) is 0 Å². The minimum Gasteiger partial charge on any atom is -0.347 e. The number of H-pyrrole nitrogens is 1. The van der Waals surface area contributed by atoms with Gasteiger partial charge in [0, 0.05) is 12.7 Å². The molecule has 0 aliphatic rings. The van der Waals surface area contributed by atoms with Gasteiger partial charge in [0.25, 0.3) is 0 Å². The number of aromatic amines is 1. The molecule has 0 unspecified atom stereocenters. The zero-order chi connectivity index (χ0) is 8.81. The first-order valence-electron chi connectivity index (χ1n) is 4.08. The van der Waals surface area contributed by atoms with E-state index in [0.717, 1.165) is 18.6 Å². The van der Waals surface area contributed by atoms with Crippen LogP contribution in [0.5, 0.6) is 0 Å². The molecule has 12 heavy (non-hydrogen) atoms. The van der Waals surface area contributed by atoms with E-state index >= 15 is 0 Å². The van der Waals surface area contributed by atoms with Crippen LogP contribution in [-0.2, 0) is 0 Å². The Bertz CT molecular complexity index is 258. The molecule has 0 saturated heterocycles. The van der Waals surface area contributed by atoms with E-state index in [1.54, 1.807) is 0 Å². The van der Waals surface area contributed by atoms with Crippen molar-refractivity contribution in [1.82, 2.24) is 9.88 Å². The van der Waals surface area contributed by atoms with E-state index < -0.39 is 0 Å². The number of nitrogens with zero attached hydrogens (tertiary/aromatic N) is 2. The molecule has 0 saturated carbocycles. The molecule has 0 aliphatic heterocycles. The molecule has 1 rings (SSSR count). The van der Waals surface area contributed by atoms with Crippen LogP contribution in [0.4, 0.5) is 0 Å². The Hall–Kier alpha value is -1.09. The van der Waals surface area contributed by atoms with Crippen molar-refractivity contribution in [2.45, 2.75) is 0 Å². The average molecular weight is 165 g/mol. The summed E-state index contributed by atoms with van der Waals surface area (Å²) in [5, 5.41) is 0. The van der Waals surface area contributed by atoms with E-state index in [0.29, 0.717) is 0 Å². The lowest BCUT2D eigenvalue weighted by Gasteiger charge is -2.04. The molecule has 0 atom stereocenters. The maximum absolute atomic E-state index is 4.35. The molecule has 0 fully saturated rings. The Balaban J connectivity index is 2.49. The monoisotopic (exact) mass is 165 g/mol. The highest BCUT2D eigenvalue weighted by Crippen LogP contribution is 1.75. The molecule has 1 aromatic rings. The summed E-state index contributed by atoms with van der Waals surface area (Å²) in [5.41, 5.74) is 0.944. The lowest BCUT2D eigenvalue weighted by molar-refractivity contribution is 0.418. The van der Waals surface area contributed by atoms with Crippen LogP contribution >= 0.6 is 0 Å². The number of hydrogen-bond donors (Lipinski definition) is 1. The van der Waals surface area contributed by atoms with E-state index in [4.69, 9.17) is 0 Å². The molecule has 0 amide bonds. The van der Waals surface area contributed by atoms with Crippen molar-refractivity contribution in [2.75, 3.05) is 27.2 Å². The predicted octanol–water partition coefficient (Wildman–Crippen LogP) is 0.477. The van der Waals surface area contributed by atoms with Gasteiger partial charge in [-0.3, -0.25) is 4.99 Å². The Morgan fingerprint density at radius 1 is 1.42 bits per heavy atom. The third-order valence-corrected chi connectivity index (χ3v) is 1.52. The third-order valence-electron chi connectivity index (χ3n) is 1.52. The Labute approximate surface area is 72.8 Å². The van der Waals surface area contributed by atoms with E-state index in [2.05, 4.69) is 14.9 Å². The first-order valence-corrected chi connectivity index (χ1v) is 4.08. The van der Waals surface area contributed by atoms with Crippen molar-refractivity contribution in [2.24, 2.45) is 4.99 Å². The fourth-order valence-corrected chi connectivity index (χ4v) is 0.853. The maximum Gasteiger partial charge on any atom is 0.124 e. The van der Waals surface area contributed by atoms with Gasteiger partial charge < -0.3 is 9.88 Å². The summed E-state index contributed by atoms with van der Waals surface area (Å²) in [6, 6.07) is 5.89. The van der Waals surface area contributed by atoms with Crippen LogP contribution in [0.1, 0.15) is 0 Å². The molecule has 3 nitrogen and oxygen atoms in total. The normalized spacial score (nSPS) is 12.4. The van der Waals surface area contributed by atoms with Gasteiger partial charge in [-0.15, -0.1) is 0 Å². The second-order valence-electron chi connectivity index (χ2n) is 2.93. The largest absolute Gasteiger partial charge is 0.347 e. The molecular weight excluding hydrogens is 150 g/mol. The van der Waals surface area contributed by atoms with Gasteiger partial charge in [0.2, 0.25) is 0 Å². The Morgan fingerprint density at radius 3 is 2.83 bits per heavy atom. The molecule has 3 heteroatoms. The zero-order valence-corrected chi connectivity index (χ0v) is 7.62. The summed E-state index contributed by atoms with van der Waals surface area (Å²) >= 11 is 0. The van der Waals surface area contributed by atoms with Crippen molar-refractivity contribution in [3.8, 4) is 0 Å². The lowest BCUT2D eigenvalue weighted by atomic mass is 10.5. The third kappa shape index (κ3) is 3.34. The first-order chi connectivity index (χ1) is 5.79. The average Bonchev–Trinajstić information content (AvgIpc) is 2.05. The molecule has 0 bridgehead atoms. The van der Waals surface area contributed by atoms with Crippen LogP contribution < -0.4 is 5.49 Å². The topological polar surface area (TPSA) is 31.4 Å². The van der Waals surface area contributed by atoms with Gasteiger partial charge >= 0.3 is 0 Å². The van der Waals surface area contributed by atoms with Crippen molar-refractivity contribution in [3.63, 3.8) is 0 Å². The van der Waals surface area contributed by atoms with Gasteiger partial charge in [-0.05, 0) is 26.2 Å². The van der Waals surface area contributed by atoms with Crippen LogP contribution in [0.3, 0.4) is 0 Å². The highest BCUT2D eigenvalue weighted by Gasteiger charge is 1.85. The minimum atomic E-state index is 0.841. The summed E-state index contributed by atoms with van der Waals surface area (Å²) in [4.78, 5) is 9.52. The second-order valence-corrected chi connectivity index (χ2v) is 2.93. The quantitative estimate of drug-likeness (QED) is 0.694. The van der Waals surface area contributed by atoms with E-state index in [-0.39, 0.29) is 0 Å². The number of pyridine rings is 1. The molecule has 1 aromatic heterocycles. The van der Waals surface area contributed by atoms with Crippen LogP contribution in [-0.4, -0.2) is 37.1 Å². The smallest absolute Gasteiger partial charge is 0.124 e. The van der Waals surface area contributed by atoms with Crippen molar-refractivity contribution in [1.29, 1.82) is 0 Å². The number of nitrogens with one attached hydrogen (secondary N) is 1. The number of likely N-dealkylation sites (N-methyl/N-ethyl adjacent to an activating group) is 1. The molecule has 1 heterocycles. The minimum absolute atomic E-state index is 0.841. The molecule has 0 radical (unpaired) electrons. The fourth-order valence-electron chi connectivity index (χ4n) is 0.853. The number of rotatable bonds is 3. The lowest BCUT2D eigenvalue weighted by Crippen LogP contribution is -2.17. The van der Waals surface area contributed by atoms with Gasteiger partial charge in [0.1, 0.15) is 5.49 Å². The predicted molar refractivity (Wildman–Crippen MR) is 49.8 cm³/mol. The van der Waals surface area contributed by atoms with Crippen molar-refractivity contribution in [3.05, 3.63) is 29.9 Å². The van der Waals surface area contributed by atoms with Gasteiger partial charge in [-0.2, -0.15) is 0 Å². The van der Waals surface area contributed by atoms with Gasteiger partial charge in [-0.25, -0.2) is 0 Å². The summed E-state index contributed by atoms with van der Waals surface area (Å²) in [5.74, 6) is 0. The summed E-state index contributed by atoms with van der Waals surface area (Å²) in [7, 11) is 4.09. The Morgan fingerprint density at radius 2 is 2.25 bits per heavy atom. The number of hydrogen-bond acceptors (Lipinski definition) is 2. The highest BCUT2D eigenvalue weighted by molar-refractivity contribution is 4.89. The van der Waals surface area contributed by atoms with Crippen molar-refractivity contribution < 1.29 is 0 Å². The number of aromatic nitrogens is 1. The molecule has 0 aromatic carbocycles. The molecular formula is C9H15N3. The van der Waals surface area contributed by atoms with Crippen molar-refractivity contribution >= 4 is 0 Å². The highest BCUT2D eigenvalue weighted by atomic mass is 15.1. The SMILES string of the molecule is CN(C)CCN=c1cccc[nH]1. The second kappa shape index (κ2) is 4.72. The zero-order valence-electron chi connectivity index (χ0n) is 7.62. The summed E-state index contributed by atoms with van der Waals surface area (Å²) in [6.45, 7) is 1.83. The van der Waals surface area contributed by atoms with Crippen LogP contribution in [0.15, 0.2) is 29.4 Å². The van der Waals surface area contributed by atoms with Crippen LogP contribution in [0, 0.1) is 0 Å². The molecule has 0 spiro atoms. The van der Waals surface area contributed by atoms with Crippen LogP contribution in [0.25, 0.3) is 0 Å². The van der Waals surface area contributed by atoms with E-state index in [1.165, 1.54) is 0 Å². The van der Waals surface area contributed by atoms with E-state index in [1.807, 2.05) is 38.5 Å². The Kier molecular flexibility index (Phi) is 3.54. The van der Waals surface area contributed by atoms with Gasteiger partial charge in [0.15, 0.2) is 0 Å². The van der Waals surface area contributed by atoms with Gasteiger partial charge in [0.05, 0.1) is 6.54 Å². The molecule has 66 valence electrons. The molecule has 0 aliphatic carbocycles. The van der Waals surface area contributed by atoms with Crippen LogP contribution in [0.2, 0.25) is 0 Å². The summed E-state index contributed by atoms with van der Waals surface area (Å²) < 4.78 is 0. The van der Waals surface area contributed by atoms with Gasteiger partial charge in [-0.1, -0.05) is 6.07 Å². The summed E-state index contributed by atoms with van der Waals surface area (Å²) in [6.07, 6.45) is 1.88. The standard InChI is InChI=1S/C9H15N3/c1-12(2)8-7-11-9-5-3-4-6-10-9/h3-6H,7-8H2,1-2H3,(H,10,11). The first kappa shape index (κ1) is 9.00.